The van der Waals surface area contributed by atoms with Crippen molar-refractivity contribution in [3.8, 4) is 0 Å². The third-order valence-corrected chi connectivity index (χ3v) is 2.35. The molecule has 0 amide bonds. The first-order valence-electron chi connectivity index (χ1n) is 4.88. The molecule has 74 valence electrons. The van der Waals surface area contributed by atoms with Crippen molar-refractivity contribution in [2.24, 2.45) is 0 Å². The Morgan fingerprint density at radius 1 is 1.36 bits per heavy atom. The number of fused-ring (bicyclic) bond motifs is 1. The van der Waals surface area contributed by atoms with Gasteiger partial charge in [-0.2, -0.15) is 0 Å². The number of nitrogens with zero attached hydrogens (tertiary/aromatic N) is 2. The minimum atomic E-state index is 0.467. The molecule has 0 saturated carbocycles. The van der Waals surface area contributed by atoms with Gasteiger partial charge in [0.15, 0.2) is 0 Å². The quantitative estimate of drug-likeness (QED) is 0.786. The number of hydrogen-bond donors (Lipinski definition) is 1. The van der Waals surface area contributed by atoms with Crippen LogP contribution < -0.4 is 5.32 Å². The van der Waals surface area contributed by atoms with Gasteiger partial charge in [0.25, 0.3) is 0 Å². The highest BCUT2D eigenvalue weighted by atomic mass is 15.1. The molecule has 3 heteroatoms. The van der Waals surface area contributed by atoms with Gasteiger partial charge in [-0.3, -0.25) is 0 Å². The van der Waals surface area contributed by atoms with Gasteiger partial charge in [0.1, 0.15) is 11.5 Å². The van der Waals surface area contributed by atoms with Crippen LogP contribution in [0.3, 0.4) is 0 Å². The molecule has 0 radical (unpaired) electrons. The molecule has 0 fully saturated rings. The Morgan fingerprint density at radius 2 is 2.14 bits per heavy atom. The van der Waals surface area contributed by atoms with Crippen LogP contribution in [0.1, 0.15) is 25.5 Å². The van der Waals surface area contributed by atoms with Gasteiger partial charge in [0.05, 0.1) is 5.69 Å². The van der Waals surface area contributed by atoms with E-state index in [0.29, 0.717) is 5.92 Å². The maximum atomic E-state index is 4.50. The van der Waals surface area contributed by atoms with Crippen molar-refractivity contribution in [1.82, 2.24) is 9.38 Å². The molecule has 0 aliphatic rings. The molecule has 2 rings (SSSR count). The lowest BCUT2D eigenvalue weighted by molar-refractivity contribution is 0.811. The molecule has 0 unspecified atom stereocenters. The Kier molecular flexibility index (Phi) is 2.15. The molecule has 1 N–H and O–H groups in total. The average molecular weight is 189 g/mol. The molecule has 0 aliphatic heterocycles. The lowest BCUT2D eigenvalue weighted by Gasteiger charge is -2.07. The summed E-state index contributed by atoms with van der Waals surface area (Å²) in [5.74, 6) is 1.45. The van der Waals surface area contributed by atoms with E-state index in [1.165, 1.54) is 5.69 Å². The van der Waals surface area contributed by atoms with Crippen molar-refractivity contribution < 1.29 is 0 Å². The summed E-state index contributed by atoms with van der Waals surface area (Å²) in [6, 6.07) is 6.05. The van der Waals surface area contributed by atoms with E-state index in [1.54, 1.807) is 0 Å². The third-order valence-electron chi connectivity index (χ3n) is 2.35. The highest BCUT2D eigenvalue weighted by Gasteiger charge is 2.12. The summed E-state index contributed by atoms with van der Waals surface area (Å²) in [5, 5.41) is 3.13. The normalized spacial score (nSPS) is 11.1. The van der Waals surface area contributed by atoms with Crippen molar-refractivity contribution in [1.29, 1.82) is 0 Å². The van der Waals surface area contributed by atoms with Gasteiger partial charge in [-0.05, 0) is 18.1 Å². The van der Waals surface area contributed by atoms with Crippen LogP contribution in [0.15, 0.2) is 24.4 Å². The van der Waals surface area contributed by atoms with E-state index in [4.69, 9.17) is 0 Å². The second-order valence-electron chi connectivity index (χ2n) is 3.68. The van der Waals surface area contributed by atoms with Crippen LogP contribution in [-0.4, -0.2) is 16.4 Å². The van der Waals surface area contributed by atoms with Gasteiger partial charge in [0.2, 0.25) is 0 Å². The summed E-state index contributed by atoms with van der Waals surface area (Å²) >= 11 is 0. The molecule has 0 aromatic carbocycles. The zero-order valence-electron chi connectivity index (χ0n) is 8.78. The van der Waals surface area contributed by atoms with Gasteiger partial charge in [-0.15, -0.1) is 0 Å². The molecule has 0 atom stereocenters. The summed E-state index contributed by atoms with van der Waals surface area (Å²) in [4.78, 5) is 4.50. The SMILES string of the molecule is CNc1nc2ccccn2c1C(C)C. The van der Waals surface area contributed by atoms with Crippen molar-refractivity contribution in [2.45, 2.75) is 19.8 Å². The first kappa shape index (κ1) is 9.06. The summed E-state index contributed by atoms with van der Waals surface area (Å²) in [6.07, 6.45) is 2.05. The molecule has 2 aromatic heterocycles. The molecule has 2 aromatic rings. The molecule has 0 aliphatic carbocycles. The second kappa shape index (κ2) is 3.33. The van der Waals surface area contributed by atoms with Crippen LogP contribution in [0.2, 0.25) is 0 Å². The first-order valence-corrected chi connectivity index (χ1v) is 4.88. The predicted octanol–water partition coefficient (Wildman–Crippen LogP) is 2.50. The molecule has 0 spiro atoms. The minimum Gasteiger partial charge on any atom is -0.372 e. The Bertz CT molecular complexity index is 443. The van der Waals surface area contributed by atoms with E-state index in [9.17, 15) is 0 Å². The third kappa shape index (κ3) is 1.25. The number of imidazole rings is 1. The van der Waals surface area contributed by atoms with Gasteiger partial charge < -0.3 is 9.72 Å². The Balaban J connectivity index is 2.74. The summed E-state index contributed by atoms with van der Waals surface area (Å²) in [6.45, 7) is 4.36. The number of rotatable bonds is 2. The fraction of sp³-hybridized carbons (Fsp3) is 0.364. The molecular weight excluding hydrogens is 174 g/mol. The summed E-state index contributed by atoms with van der Waals surface area (Å²) in [5.41, 5.74) is 2.24. The summed E-state index contributed by atoms with van der Waals surface area (Å²) < 4.78 is 2.14. The molecule has 2 heterocycles. The van der Waals surface area contributed by atoms with E-state index >= 15 is 0 Å². The van der Waals surface area contributed by atoms with E-state index in [2.05, 4.69) is 34.7 Å². The Labute approximate surface area is 83.8 Å². The van der Waals surface area contributed by atoms with Crippen LogP contribution >= 0.6 is 0 Å². The average Bonchev–Trinajstić information content (AvgIpc) is 2.55. The van der Waals surface area contributed by atoms with Gasteiger partial charge in [0, 0.05) is 13.2 Å². The van der Waals surface area contributed by atoms with Crippen molar-refractivity contribution in [3.63, 3.8) is 0 Å². The molecule has 0 saturated heterocycles. The van der Waals surface area contributed by atoms with E-state index in [1.807, 2.05) is 25.2 Å². The van der Waals surface area contributed by atoms with Crippen molar-refractivity contribution in [2.75, 3.05) is 12.4 Å². The minimum absolute atomic E-state index is 0.467. The largest absolute Gasteiger partial charge is 0.372 e. The number of pyridine rings is 1. The van der Waals surface area contributed by atoms with E-state index in [-0.39, 0.29) is 0 Å². The highest BCUT2D eigenvalue weighted by Crippen LogP contribution is 2.24. The van der Waals surface area contributed by atoms with Crippen LogP contribution in [0.25, 0.3) is 5.65 Å². The maximum absolute atomic E-state index is 4.50. The van der Waals surface area contributed by atoms with Gasteiger partial charge in [-0.25, -0.2) is 4.98 Å². The van der Waals surface area contributed by atoms with Crippen molar-refractivity contribution in [3.05, 3.63) is 30.1 Å². The number of hydrogen-bond acceptors (Lipinski definition) is 2. The molecule has 14 heavy (non-hydrogen) atoms. The number of aromatic nitrogens is 2. The zero-order valence-corrected chi connectivity index (χ0v) is 8.78. The molecular formula is C11H15N3. The second-order valence-corrected chi connectivity index (χ2v) is 3.68. The highest BCUT2D eigenvalue weighted by molar-refractivity contribution is 5.55. The van der Waals surface area contributed by atoms with Crippen LogP contribution in [0.4, 0.5) is 5.82 Å². The van der Waals surface area contributed by atoms with E-state index in [0.717, 1.165) is 11.5 Å². The van der Waals surface area contributed by atoms with Crippen LogP contribution in [0, 0.1) is 0 Å². The lowest BCUT2D eigenvalue weighted by atomic mass is 10.1. The van der Waals surface area contributed by atoms with Crippen molar-refractivity contribution >= 4 is 11.5 Å². The predicted molar refractivity (Wildman–Crippen MR) is 58.8 cm³/mol. The van der Waals surface area contributed by atoms with Gasteiger partial charge in [-0.1, -0.05) is 19.9 Å². The monoisotopic (exact) mass is 189 g/mol. The fourth-order valence-electron chi connectivity index (χ4n) is 1.75. The maximum Gasteiger partial charge on any atom is 0.148 e. The summed E-state index contributed by atoms with van der Waals surface area (Å²) in [7, 11) is 1.91. The molecule has 3 nitrogen and oxygen atoms in total. The topological polar surface area (TPSA) is 29.3 Å². The van der Waals surface area contributed by atoms with Crippen LogP contribution in [0.5, 0.6) is 0 Å². The fourth-order valence-corrected chi connectivity index (χ4v) is 1.75. The smallest absolute Gasteiger partial charge is 0.148 e. The Morgan fingerprint density at radius 3 is 2.79 bits per heavy atom. The number of nitrogens with one attached hydrogen (secondary N) is 1. The van der Waals surface area contributed by atoms with Crippen LogP contribution in [-0.2, 0) is 0 Å². The Hall–Kier alpha value is -1.51. The van der Waals surface area contributed by atoms with E-state index < -0.39 is 0 Å². The lowest BCUT2D eigenvalue weighted by Crippen LogP contribution is -1.99. The number of anilines is 1. The zero-order chi connectivity index (χ0) is 10.1. The first-order chi connectivity index (χ1) is 6.74. The molecule has 0 bridgehead atoms. The van der Waals surface area contributed by atoms with Gasteiger partial charge >= 0.3 is 0 Å². The standard InChI is InChI=1S/C11H15N3/c1-8(2)10-11(12-3)13-9-6-4-5-7-14(9)10/h4-8,12H,1-3H3.